The van der Waals surface area contributed by atoms with Crippen LogP contribution in [0.3, 0.4) is 0 Å². The van der Waals surface area contributed by atoms with Crippen molar-refractivity contribution in [3.63, 3.8) is 0 Å². The highest BCUT2D eigenvalue weighted by atomic mass is 16.2. The fraction of sp³-hybridized carbons (Fsp3) is 0.136. The number of amides is 1. The Labute approximate surface area is 145 Å². The van der Waals surface area contributed by atoms with Crippen LogP contribution in [0.2, 0.25) is 0 Å². The van der Waals surface area contributed by atoms with Gasteiger partial charge in [0.05, 0.1) is 6.54 Å². The first-order valence-corrected chi connectivity index (χ1v) is 8.66. The highest BCUT2D eigenvalue weighted by molar-refractivity contribution is 5.99. The van der Waals surface area contributed by atoms with Crippen LogP contribution in [0.25, 0.3) is 21.7 Å². The van der Waals surface area contributed by atoms with Gasteiger partial charge in [-0.25, -0.2) is 0 Å². The van der Waals surface area contributed by atoms with E-state index in [1.165, 1.54) is 16.6 Å². The minimum atomic E-state index is 0.107. The van der Waals surface area contributed by atoms with Crippen molar-refractivity contribution in [2.45, 2.75) is 13.0 Å². The minimum Gasteiger partial charge on any atom is -0.357 e. The summed E-state index contributed by atoms with van der Waals surface area (Å²) >= 11 is 0. The standard InChI is InChI=1S/C22H18N2O/c25-22(17-10-9-15-5-1-2-6-16(15)13-17)24-12-11-19-18-7-3-4-8-20(18)23-21(19)14-24/h1-10,13,23H,11-12,14H2. The molecule has 3 nitrogen and oxygen atoms in total. The molecule has 0 spiro atoms. The van der Waals surface area contributed by atoms with Crippen LogP contribution in [-0.4, -0.2) is 22.3 Å². The van der Waals surface area contributed by atoms with Gasteiger partial charge < -0.3 is 9.88 Å². The summed E-state index contributed by atoms with van der Waals surface area (Å²) in [5.74, 6) is 0.107. The monoisotopic (exact) mass is 326 g/mol. The SMILES string of the molecule is O=C(c1ccc2ccccc2c1)N1CCc2c([nH]c3ccccc23)C1. The van der Waals surface area contributed by atoms with Crippen LogP contribution in [0.4, 0.5) is 0 Å². The zero-order chi connectivity index (χ0) is 16.8. The number of H-pyrrole nitrogens is 1. The number of nitrogens with zero attached hydrogens (tertiary/aromatic N) is 1. The van der Waals surface area contributed by atoms with Gasteiger partial charge in [-0.3, -0.25) is 4.79 Å². The van der Waals surface area contributed by atoms with E-state index >= 15 is 0 Å². The number of hydrogen-bond donors (Lipinski definition) is 1. The largest absolute Gasteiger partial charge is 0.357 e. The third-order valence-electron chi connectivity index (χ3n) is 5.17. The number of carbonyl (C=O) groups excluding carboxylic acids is 1. The molecule has 3 heteroatoms. The molecule has 0 bridgehead atoms. The number of para-hydroxylation sites is 1. The van der Waals surface area contributed by atoms with Gasteiger partial charge in [-0.15, -0.1) is 0 Å². The van der Waals surface area contributed by atoms with Gasteiger partial charge in [0.2, 0.25) is 0 Å². The number of rotatable bonds is 1. The Kier molecular flexibility index (Phi) is 3.14. The first-order valence-electron chi connectivity index (χ1n) is 8.66. The van der Waals surface area contributed by atoms with Crippen molar-refractivity contribution in [1.82, 2.24) is 9.88 Å². The van der Waals surface area contributed by atoms with Crippen molar-refractivity contribution < 1.29 is 4.79 Å². The summed E-state index contributed by atoms with van der Waals surface area (Å²) in [4.78, 5) is 18.4. The number of hydrogen-bond acceptors (Lipinski definition) is 1. The molecule has 0 saturated carbocycles. The Hall–Kier alpha value is -3.07. The maximum absolute atomic E-state index is 13.0. The smallest absolute Gasteiger partial charge is 0.254 e. The molecule has 122 valence electrons. The van der Waals surface area contributed by atoms with Crippen molar-refractivity contribution in [2.75, 3.05) is 6.54 Å². The number of aromatic amines is 1. The quantitative estimate of drug-likeness (QED) is 0.548. The second kappa shape index (κ2) is 5.49. The molecule has 1 aliphatic heterocycles. The molecule has 0 radical (unpaired) electrons. The zero-order valence-corrected chi connectivity index (χ0v) is 13.8. The average molecular weight is 326 g/mol. The molecule has 4 aromatic rings. The lowest BCUT2D eigenvalue weighted by molar-refractivity contribution is 0.0733. The molecule has 2 heterocycles. The summed E-state index contributed by atoms with van der Waals surface area (Å²) in [6.07, 6.45) is 0.901. The van der Waals surface area contributed by atoms with E-state index in [0.717, 1.165) is 34.8 Å². The summed E-state index contributed by atoms with van der Waals surface area (Å²) in [6, 6.07) is 22.5. The van der Waals surface area contributed by atoms with Gasteiger partial charge in [0, 0.05) is 28.7 Å². The van der Waals surface area contributed by atoms with Crippen LogP contribution in [-0.2, 0) is 13.0 Å². The molecule has 1 amide bonds. The van der Waals surface area contributed by atoms with Crippen molar-refractivity contribution in [2.24, 2.45) is 0 Å². The molecule has 0 unspecified atom stereocenters. The van der Waals surface area contributed by atoms with Crippen LogP contribution in [0.1, 0.15) is 21.6 Å². The number of aromatic nitrogens is 1. The lowest BCUT2D eigenvalue weighted by atomic mass is 10.0. The molecule has 1 aliphatic rings. The van der Waals surface area contributed by atoms with E-state index in [1.807, 2.05) is 41.3 Å². The summed E-state index contributed by atoms with van der Waals surface area (Å²) in [7, 11) is 0. The molecule has 3 aromatic carbocycles. The molecule has 0 saturated heterocycles. The highest BCUT2D eigenvalue weighted by Gasteiger charge is 2.24. The van der Waals surface area contributed by atoms with Crippen LogP contribution >= 0.6 is 0 Å². The number of carbonyl (C=O) groups is 1. The van der Waals surface area contributed by atoms with Crippen molar-refractivity contribution in [1.29, 1.82) is 0 Å². The van der Waals surface area contributed by atoms with Gasteiger partial charge in [0.1, 0.15) is 0 Å². The predicted octanol–water partition coefficient (Wildman–Crippen LogP) is 4.52. The molecule has 25 heavy (non-hydrogen) atoms. The Bertz CT molecular complexity index is 1110. The van der Waals surface area contributed by atoms with E-state index < -0.39 is 0 Å². The van der Waals surface area contributed by atoms with Crippen molar-refractivity contribution in [3.8, 4) is 0 Å². The van der Waals surface area contributed by atoms with Crippen molar-refractivity contribution in [3.05, 3.63) is 83.6 Å². The second-order valence-electron chi connectivity index (χ2n) is 6.67. The first-order chi connectivity index (χ1) is 12.3. The number of nitrogens with one attached hydrogen (secondary N) is 1. The van der Waals surface area contributed by atoms with Gasteiger partial charge in [-0.1, -0.05) is 48.5 Å². The van der Waals surface area contributed by atoms with E-state index in [1.54, 1.807) is 0 Å². The Balaban J connectivity index is 1.48. The lowest BCUT2D eigenvalue weighted by Crippen LogP contribution is -2.35. The molecule has 1 N–H and O–H groups in total. The van der Waals surface area contributed by atoms with E-state index in [0.29, 0.717) is 6.54 Å². The zero-order valence-electron chi connectivity index (χ0n) is 13.8. The van der Waals surface area contributed by atoms with Crippen molar-refractivity contribution >= 4 is 27.6 Å². The summed E-state index contributed by atoms with van der Waals surface area (Å²) in [6.45, 7) is 1.41. The number of benzene rings is 3. The Morgan fingerprint density at radius 3 is 2.64 bits per heavy atom. The average Bonchev–Trinajstić information content (AvgIpc) is 3.04. The molecule has 1 aromatic heterocycles. The highest BCUT2D eigenvalue weighted by Crippen LogP contribution is 2.28. The van der Waals surface area contributed by atoms with Gasteiger partial charge in [-0.2, -0.15) is 0 Å². The first kappa shape index (κ1) is 14.3. The molecule has 0 atom stereocenters. The fourth-order valence-electron chi connectivity index (χ4n) is 3.87. The van der Waals surface area contributed by atoms with Gasteiger partial charge in [0.15, 0.2) is 0 Å². The van der Waals surface area contributed by atoms with Crippen LogP contribution in [0.5, 0.6) is 0 Å². The van der Waals surface area contributed by atoms with Crippen LogP contribution < -0.4 is 0 Å². The van der Waals surface area contributed by atoms with E-state index in [9.17, 15) is 4.79 Å². The maximum Gasteiger partial charge on any atom is 0.254 e. The predicted molar refractivity (Wildman–Crippen MR) is 101 cm³/mol. The lowest BCUT2D eigenvalue weighted by Gasteiger charge is -2.27. The summed E-state index contributed by atoms with van der Waals surface area (Å²) < 4.78 is 0. The Morgan fingerprint density at radius 2 is 1.72 bits per heavy atom. The molecule has 0 aliphatic carbocycles. The fourth-order valence-corrected chi connectivity index (χ4v) is 3.87. The maximum atomic E-state index is 13.0. The summed E-state index contributed by atoms with van der Waals surface area (Å²) in [5, 5.41) is 3.56. The van der Waals surface area contributed by atoms with Gasteiger partial charge in [0.25, 0.3) is 5.91 Å². The van der Waals surface area contributed by atoms with Gasteiger partial charge >= 0.3 is 0 Å². The van der Waals surface area contributed by atoms with E-state index in [-0.39, 0.29) is 5.91 Å². The third kappa shape index (κ3) is 2.31. The molecule has 5 rings (SSSR count). The second-order valence-corrected chi connectivity index (χ2v) is 6.67. The molecular formula is C22H18N2O. The van der Waals surface area contributed by atoms with Crippen LogP contribution in [0.15, 0.2) is 66.7 Å². The van der Waals surface area contributed by atoms with Crippen LogP contribution in [0, 0.1) is 0 Å². The molecular weight excluding hydrogens is 308 g/mol. The topological polar surface area (TPSA) is 36.1 Å². The van der Waals surface area contributed by atoms with Gasteiger partial charge in [-0.05, 0) is 41.0 Å². The van der Waals surface area contributed by atoms with E-state index in [4.69, 9.17) is 0 Å². The Morgan fingerprint density at radius 1 is 0.920 bits per heavy atom. The summed E-state index contributed by atoms with van der Waals surface area (Å²) in [5.41, 5.74) is 4.45. The van der Waals surface area contributed by atoms with E-state index in [2.05, 4.69) is 35.3 Å². The third-order valence-corrected chi connectivity index (χ3v) is 5.17. The normalized spacial score (nSPS) is 14.0. The number of fused-ring (bicyclic) bond motifs is 4. The minimum absolute atomic E-state index is 0.107. The molecule has 0 fully saturated rings.